The Morgan fingerprint density at radius 3 is 2.58 bits per heavy atom. The summed E-state index contributed by atoms with van der Waals surface area (Å²) in [6.07, 6.45) is 5.12. The number of pyridine rings is 1. The lowest BCUT2D eigenvalue weighted by Gasteiger charge is -2.16. The maximum absolute atomic E-state index is 5.61. The standard InChI is InChI=1S/C27H28N4O2/c1-3-20-9-11-24(28-14-20)18-30(2)16-23-17-31(15-21-7-5-4-6-8-21)29-27(23)22-10-12-25-26(13-22)33-19-32-25/h4-14,17H,3,15-16,18-19H2,1-2H3. The Kier molecular flexibility index (Phi) is 6.09. The molecule has 0 bridgehead atoms. The van der Waals surface area contributed by atoms with E-state index in [4.69, 9.17) is 14.6 Å². The van der Waals surface area contributed by atoms with Crippen molar-refractivity contribution >= 4 is 0 Å². The van der Waals surface area contributed by atoms with E-state index in [9.17, 15) is 0 Å². The van der Waals surface area contributed by atoms with Gasteiger partial charge < -0.3 is 9.47 Å². The van der Waals surface area contributed by atoms with Crippen molar-refractivity contribution in [2.45, 2.75) is 33.0 Å². The summed E-state index contributed by atoms with van der Waals surface area (Å²) < 4.78 is 13.1. The van der Waals surface area contributed by atoms with Crippen LogP contribution in [-0.2, 0) is 26.1 Å². The quantitative estimate of drug-likeness (QED) is 0.389. The lowest BCUT2D eigenvalue weighted by Crippen LogP contribution is -2.18. The van der Waals surface area contributed by atoms with Crippen LogP contribution < -0.4 is 9.47 Å². The zero-order chi connectivity index (χ0) is 22.6. The Morgan fingerprint density at radius 2 is 1.79 bits per heavy atom. The van der Waals surface area contributed by atoms with Gasteiger partial charge in [0.25, 0.3) is 0 Å². The van der Waals surface area contributed by atoms with Crippen molar-refractivity contribution in [2.75, 3.05) is 13.8 Å². The molecule has 0 fully saturated rings. The first-order valence-corrected chi connectivity index (χ1v) is 11.3. The number of ether oxygens (including phenoxy) is 2. The molecule has 2 aromatic heterocycles. The van der Waals surface area contributed by atoms with Crippen molar-refractivity contribution in [1.29, 1.82) is 0 Å². The fourth-order valence-corrected chi connectivity index (χ4v) is 4.10. The molecule has 0 amide bonds. The molecule has 168 valence electrons. The minimum atomic E-state index is 0.265. The molecule has 0 saturated carbocycles. The van der Waals surface area contributed by atoms with Crippen LogP contribution in [0.4, 0.5) is 0 Å². The molecule has 33 heavy (non-hydrogen) atoms. The SMILES string of the molecule is CCc1ccc(CN(C)Cc2cn(Cc3ccccc3)nc2-c2ccc3c(c2)OCO3)nc1. The monoisotopic (exact) mass is 440 g/mol. The van der Waals surface area contributed by atoms with Gasteiger partial charge in [-0.15, -0.1) is 0 Å². The van der Waals surface area contributed by atoms with Gasteiger partial charge >= 0.3 is 0 Å². The summed E-state index contributed by atoms with van der Waals surface area (Å²) >= 11 is 0. The van der Waals surface area contributed by atoms with E-state index in [0.29, 0.717) is 0 Å². The molecule has 3 heterocycles. The van der Waals surface area contributed by atoms with E-state index in [-0.39, 0.29) is 6.79 Å². The number of fused-ring (bicyclic) bond motifs is 1. The fraction of sp³-hybridized carbons (Fsp3) is 0.259. The fourth-order valence-electron chi connectivity index (χ4n) is 4.10. The normalized spacial score (nSPS) is 12.5. The van der Waals surface area contributed by atoms with Crippen LogP contribution in [0.1, 0.15) is 29.3 Å². The molecule has 6 nitrogen and oxygen atoms in total. The molecular weight excluding hydrogens is 412 g/mol. The molecule has 0 radical (unpaired) electrons. The van der Waals surface area contributed by atoms with Gasteiger partial charge in [0.05, 0.1) is 17.9 Å². The first kappa shape index (κ1) is 21.2. The van der Waals surface area contributed by atoms with E-state index in [2.05, 4.69) is 72.5 Å². The number of hydrogen-bond acceptors (Lipinski definition) is 5. The highest BCUT2D eigenvalue weighted by molar-refractivity contribution is 5.67. The van der Waals surface area contributed by atoms with Gasteiger partial charge in [0.2, 0.25) is 6.79 Å². The molecule has 0 atom stereocenters. The molecule has 4 aromatic rings. The summed E-state index contributed by atoms with van der Waals surface area (Å²) in [5.74, 6) is 1.55. The average molecular weight is 441 g/mol. The third-order valence-electron chi connectivity index (χ3n) is 5.84. The molecule has 0 N–H and O–H groups in total. The predicted molar refractivity (Wildman–Crippen MR) is 128 cm³/mol. The molecule has 5 rings (SSSR count). The van der Waals surface area contributed by atoms with E-state index in [0.717, 1.165) is 60.1 Å². The predicted octanol–water partition coefficient (Wildman–Crippen LogP) is 4.92. The lowest BCUT2D eigenvalue weighted by atomic mass is 10.1. The Hall–Kier alpha value is -3.64. The van der Waals surface area contributed by atoms with Crippen LogP contribution in [-0.4, -0.2) is 33.5 Å². The number of hydrogen-bond donors (Lipinski definition) is 0. The van der Waals surface area contributed by atoms with Crippen molar-refractivity contribution in [2.24, 2.45) is 0 Å². The summed E-state index contributed by atoms with van der Waals surface area (Å²) in [5, 5.41) is 4.96. The van der Waals surface area contributed by atoms with E-state index in [1.807, 2.05) is 29.1 Å². The zero-order valence-electron chi connectivity index (χ0n) is 19.1. The van der Waals surface area contributed by atoms with Gasteiger partial charge in [-0.25, -0.2) is 0 Å². The van der Waals surface area contributed by atoms with Crippen LogP contribution in [0.5, 0.6) is 11.5 Å². The van der Waals surface area contributed by atoms with Crippen molar-refractivity contribution in [3.63, 3.8) is 0 Å². The van der Waals surface area contributed by atoms with Crippen LogP contribution in [0.25, 0.3) is 11.3 Å². The Balaban J connectivity index is 1.41. The van der Waals surface area contributed by atoms with Gasteiger partial charge in [-0.2, -0.15) is 5.10 Å². The zero-order valence-corrected chi connectivity index (χ0v) is 19.1. The second-order valence-electron chi connectivity index (χ2n) is 8.44. The van der Waals surface area contributed by atoms with Crippen LogP contribution >= 0.6 is 0 Å². The molecule has 6 heteroatoms. The van der Waals surface area contributed by atoms with Gasteiger partial charge in [-0.05, 0) is 48.9 Å². The Morgan fingerprint density at radius 1 is 0.939 bits per heavy atom. The summed E-state index contributed by atoms with van der Waals surface area (Å²) in [5.41, 5.74) is 6.70. The lowest BCUT2D eigenvalue weighted by molar-refractivity contribution is 0.174. The minimum absolute atomic E-state index is 0.265. The van der Waals surface area contributed by atoms with E-state index in [1.165, 1.54) is 11.1 Å². The number of rotatable bonds is 8. The number of aryl methyl sites for hydroxylation is 1. The Labute approximate surface area is 194 Å². The summed E-state index contributed by atoms with van der Waals surface area (Å²) in [6.45, 7) is 4.67. The highest BCUT2D eigenvalue weighted by Gasteiger charge is 2.18. The second-order valence-corrected chi connectivity index (χ2v) is 8.44. The van der Waals surface area contributed by atoms with Crippen LogP contribution in [0.3, 0.4) is 0 Å². The van der Waals surface area contributed by atoms with E-state index in [1.54, 1.807) is 0 Å². The number of nitrogens with zero attached hydrogens (tertiary/aromatic N) is 4. The number of aromatic nitrogens is 3. The first-order valence-electron chi connectivity index (χ1n) is 11.3. The molecule has 0 spiro atoms. The van der Waals surface area contributed by atoms with Gasteiger partial charge in [-0.1, -0.05) is 43.3 Å². The van der Waals surface area contributed by atoms with Crippen molar-refractivity contribution < 1.29 is 9.47 Å². The summed E-state index contributed by atoms with van der Waals surface area (Å²) in [6, 6.07) is 20.7. The molecule has 0 saturated heterocycles. The van der Waals surface area contributed by atoms with Crippen LogP contribution in [0.15, 0.2) is 73.1 Å². The van der Waals surface area contributed by atoms with Gasteiger partial charge in [0.1, 0.15) is 0 Å². The van der Waals surface area contributed by atoms with E-state index >= 15 is 0 Å². The average Bonchev–Trinajstić information content (AvgIpc) is 3.46. The summed E-state index contributed by atoms with van der Waals surface area (Å²) in [7, 11) is 2.12. The summed E-state index contributed by atoms with van der Waals surface area (Å²) in [4.78, 5) is 6.89. The highest BCUT2D eigenvalue weighted by Crippen LogP contribution is 2.36. The van der Waals surface area contributed by atoms with Gasteiger partial charge in [-0.3, -0.25) is 14.6 Å². The third kappa shape index (κ3) is 4.91. The minimum Gasteiger partial charge on any atom is -0.454 e. The maximum atomic E-state index is 5.61. The molecule has 0 unspecified atom stereocenters. The van der Waals surface area contributed by atoms with Crippen molar-refractivity contribution in [3.8, 4) is 22.8 Å². The molecule has 1 aliphatic rings. The van der Waals surface area contributed by atoms with Crippen molar-refractivity contribution in [3.05, 3.63) is 95.4 Å². The molecular formula is C27H28N4O2. The van der Waals surface area contributed by atoms with Crippen molar-refractivity contribution in [1.82, 2.24) is 19.7 Å². The first-order chi connectivity index (χ1) is 16.2. The Bertz CT molecular complexity index is 1220. The van der Waals surface area contributed by atoms with Crippen LogP contribution in [0, 0.1) is 0 Å². The van der Waals surface area contributed by atoms with E-state index < -0.39 is 0 Å². The molecule has 0 aliphatic carbocycles. The maximum Gasteiger partial charge on any atom is 0.231 e. The number of benzene rings is 2. The highest BCUT2D eigenvalue weighted by atomic mass is 16.7. The second kappa shape index (κ2) is 9.46. The third-order valence-corrected chi connectivity index (χ3v) is 5.84. The largest absolute Gasteiger partial charge is 0.454 e. The topological polar surface area (TPSA) is 52.4 Å². The van der Waals surface area contributed by atoms with Gasteiger partial charge in [0.15, 0.2) is 11.5 Å². The molecule has 2 aromatic carbocycles. The smallest absolute Gasteiger partial charge is 0.231 e. The molecule has 1 aliphatic heterocycles. The van der Waals surface area contributed by atoms with Gasteiger partial charge in [0, 0.05) is 36.6 Å². The van der Waals surface area contributed by atoms with Crippen LogP contribution in [0.2, 0.25) is 0 Å².